The summed E-state index contributed by atoms with van der Waals surface area (Å²) in [5.41, 5.74) is 3.84. The number of nitrogens with one attached hydrogen (secondary N) is 1. The molecule has 2 aromatic carbocycles. The maximum Gasteiger partial charge on any atom is 0.234 e. The Morgan fingerprint density at radius 2 is 1.92 bits per heavy atom. The Hall–Kier alpha value is -2.53. The third kappa shape index (κ3) is 3.68. The number of carbonyl (C=O) groups excluding carboxylic acids is 1. The van der Waals surface area contributed by atoms with Gasteiger partial charge in [-0.1, -0.05) is 36.0 Å². The highest BCUT2D eigenvalue weighted by molar-refractivity contribution is 7.99. The molecule has 1 heterocycles. The van der Waals surface area contributed by atoms with Crippen molar-refractivity contribution in [2.75, 3.05) is 11.1 Å². The Morgan fingerprint density at radius 3 is 2.71 bits per heavy atom. The maximum absolute atomic E-state index is 12.1. The van der Waals surface area contributed by atoms with Gasteiger partial charge in [0.05, 0.1) is 16.3 Å². The fourth-order valence-electron chi connectivity index (χ4n) is 2.53. The van der Waals surface area contributed by atoms with E-state index in [9.17, 15) is 9.90 Å². The molecular weight excluding hydrogens is 320 g/mol. The van der Waals surface area contributed by atoms with Crippen molar-refractivity contribution in [2.24, 2.45) is 0 Å². The number of benzene rings is 2. The molecule has 0 unspecified atom stereocenters. The second-order valence-electron chi connectivity index (χ2n) is 5.64. The molecule has 2 N–H and O–H groups in total. The Balaban J connectivity index is 1.71. The fourth-order valence-corrected chi connectivity index (χ4v) is 3.29. The number of amides is 1. The predicted octanol–water partition coefficient (Wildman–Crippen LogP) is 4.29. The van der Waals surface area contributed by atoms with Crippen LogP contribution < -0.4 is 5.32 Å². The second kappa shape index (κ2) is 6.93. The first-order valence-electron chi connectivity index (χ1n) is 7.61. The van der Waals surface area contributed by atoms with Crippen LogP contribution in [0.5, 0.6) is 5.75 Å². The molecule has 3 aromatic rings. The largest absolute Gasteiger partial charge is 0.508 e. The van der Waals surface area contributed by atoms with Crippen molar-refractivity contribution < 1.29 is 9.90 Å². The molecule has 0 atom stereocenters. The lowest BCUT2D eigenvalue weighted by Crippen LogP contribution is -2.14. The van der Waals surface area contributed by atoms with Crippen molar-refractivity contribution in [1.82, 2.24) is 4.98 Å². The molecule has 0 aliphatic carbocycles. The molecule has 0 aliphatic rings. The third-order valence-electron chi connectivity index (χ3n) is 3.71. The van der Waals surface area contributed by atoms with Crippen molar-refractivity contribution in [3.8, 4) is 5.75 Å². The molecular formula is C19H18N2O2S. The van der Waals surface area contributed by atoms with Gasteiger partial charge in [-0.05, 0) is 43.2 Å². The number of nitrogens with zero attached hydrogens (tertiary/aromatic N) is 1. The molecule has 122 valence electrons. The number of carbonyl (C=O) groups is 1. The molecule has 0 spiro atoms. The molecule has 4 nitrogen and oxygen atoms in total. The monoisotopic (exact) mass is 338 g/mol. The summed E-state index contributed by atoms with van der Waals surface area (Å²) in [5.74, 6) is 0.261. The van der Waals surface area contributed by atoms with E-state index in [1.807, 2.05) is 25.1 Å². The van der Waals surface area contributed by atoms with Crippen molar-refractivity contribution in [2.45, 2.75) is 18.9 Å². The number of aromatic nitrogens is 1. The Bertz CT molecular complexity index is 909. The number of anilines is 1. The van der Waals surface area contributed by atoms with Gasteiger partial charge in [0.25, 0.3) is 0 Å². The lowest BCUT2D eigenvalue weighted by Gasteiger charge is -2.09. The molecule has 0 aliphatic heterocycles. The molecule has 0 bridgehead atoms. The normalized spacial score (nSPS) is 10.8. The topological polar surface area (TPSA) is 62.2 Å². The quantitative estimate of drug-likeness (QED) is 0.697. The van der Waals surface area contributed by atoms with Crippen LogP contribution in [0.3, 0.4) is 0 Å². The summed E-state index contributed by atoms with van der Waals surface area (Å²) in [6.07, 6.45) is 0. The summed E-state index contributed by atoms with van der Waals surface area (Å²) in [7, 11) is 0. The zero-order valence-electron chi connectivity index (χ0n) is 13.5. The maximum atomic E-state index is 12.1. The molecule has 1 aromatic heterocycles. The van der Waals surface area contributed by atoms with Crippen LogP contribution >= 0.6 is 11.8 Å². The summed E-state index contributed by atoms with van der Waals surface area (Å²) >= 11 is 1.40. The zero-order valence-corrected chi connectivity index (χ0v) is 14.4. The average Bonchev–Trinajstić information content (AvgIpc) is 2.54. The van der Waals surface area contributed by atoms with Gasteiger partial charge in [0, 0.05) is 17.1 Å². The van der Waals surface area contributed by atoms with E-state index in [0.29, 0.717) is 5.69 Å². The molecule has 5 heteroatoms. The van der Waals surface area contributed by atoms with Crippen molar-refractivity contribution >= 4 is 34.3 Å². The van der Waals surface area contributed by atoms with Crippen LogP contribution in [0.25, 0.3) is 10.9 Å². The van der Waals surface area contributed by atoms with Gasteiger partial charge in [0.1, 0.15) is 5.75 Å². The number of aromatic hydroxyl groups is 1. The lowest BCUT2D eigenvalue weighted by molar-refractivity contribution is -0.113. The minimum Gasteiger partial charge on any atom is -0.508 e. The van der Waals surface area contributed by atoms with E-state index in [2.05, 4.69) is 23.3 Å². The summed E-state index contributed by atoms with van der Waals surface area (Å²) in [4.78, 5) is 16.7. The summed E-state index contributed by atoms with van der Waals surface area (Å²) in [5, 5.41) is 14.2. The first kappa shape index (κ1) is 16.3. The number of rotatable bonds is 4. The van der Waals surface area contributed by atoms with Gasteiger partial charge in [-0.2, -0.15) is 0 Å². The van der Waals surface area contributed by atoms with Gasteiger partial charge in [-0.3, -0.25) is 4.79 Å². The summed E-state index contributed by atoms with van der Waals surface area (Å²) < 4.78 is 0. The van der Waals surface area contributed by atoms with Crippen LogP contribution in [0.1, 0.15) is 11.1 Å². The number of para-hydroxylation sites is 1. The van der Waals surface area contributed by atoms with Gasteiger partial charge in [0.2, 0.25) is 5.91 Å². The van der Waals surface area contributed by atoms with E-state index in [-0.39, 0.29) is 17.4 Å². The van der Waals surface area contributed by atoms with Crippen molar-refractivity contribution in [3.05, 3.63) is 59.7 Å². The van der Waals surface area contributed by atoms with Gasteiger partial charge in [-0.15, -0.1) is 0 Å². The highest BCUT2D eigenvalue weighted by Gasteiger charge is 2.08. The first-order valence-corrected chi connectivity index (χ1v) is 8.60. The average molecular weight is 338 g/mol. The smallest absolute Gasteiger partial charge is 0.234 e. The van der Waals surface area contributed by atoms with Crippen molar-refractivity contribution in [3.63, 3.8) is 0 Å². The number of pyridine rings is 1. The molecule has 3 rings (SSSR count). The van der Waals surface area contributed by atoms with Gasteiger partial charge < -0.3 is 10.4 Å². The van der Waals surface area contributed by atoms with Gasteiger partial charge in [0.15, 0.2) is 0 Å². The predicted molar refractivity (Wildman–Crippen MR) is 98.7 cm³/mol. The van der Waals surface area contributed by atoms with E-state index in [0.717, 1.165) is 27.1 Å². The Morgan fingerprint density at radius 1 is 1.12 bits per heavy atom. The minimum absolute atomic E-state index is 0.128. The fraction of sp³-hybridized carbons (Fsp3) is 0.158. The number of hydrogen-bond donors (Lipinski definition) is 2. The summed E-state index contributed by atoms with van der Waals surface area (Å²) in [6, 6.07) is 14.7. The number of fused-ring (bicyclic) bond motifs is 1. The van der Waals surface area contributed by atoms with E-state index < -0.39 is 0 Å². The van der Waals surface area contributed by atoms with E-state index in [4.69, 9.17) is 0 Å². The number of phenolic OH excluding ortho intramolecular Hbond substituents is 1. The van der Waals surface area contributed by atoms with E-state index >= 15 is 0 Å². The van der Waals surface area contributed by atoms with Crippen molar-refractivity contribution in [1.29, 1.82) is 0 Å². The van der Waals surface area contributed by atoms with Crippen LogP contribution in [0.4, 0.5) is 5.69 Å². The highest BCUT2D eigenvalue weighted by Crippen LogP contribution is 2.25. The van der Waals surface area contributed by atoms with Crippen LogP contribution in [0.2, 0.25) is 0 Å². The van der Waals surface area contributed by atoms with Crippen LogP contribution in [0.15, 0.2) is 53.6 Å². The van der Waals surface area contributed by atoms with Gasteiger partial charge in [-0.25, -0.2) is 4.98 Å². The molecule has 24 heavy (non-hydrogen) atoms. The molecule has 0 saturated carbocycles. The number of hydrogen-bond acceptors (Lipinski definition) is 4. The standard InChI is InChI=1S/C19H18N2O2S/c1-12-5-3-8-16-13(2)9-18(21-19(12)16)24-11-17(23)20-14-6-4-7-15(22)10-14/h3-10,22H,11H2,1-2H3,(H,20,23). The third-order valence-corrected chi connectivity index (χ3v) is 4.62. The SMILES string of the molecule is Cc1cc(SCC(=O)Nc2cccc(O)c2)nc2c(C)cccc12. The Labute approximate surface area is 144 Å². The lowest BCUT2D eigenvalue weighted by atomic mass is 10.1. The molecule has 0 saturated heterocycles. The molecule has 0 radical (unpaired) electrons. The second-order valence-corrected chi connectivity index (χ2v) is 6.63. The number of aryl methyl sites for hydroxylation is 2. The number of thioether (sulfide) groups is 1. The van der Waals surface area contributed by atoms with Crippen LogP contribution in [-0.2, 0) is 4.79 Å². The number of phenols is 1. The van der Waals surface area contributed by atoms with E-state index in [1.165, 1.54) is 17.8 Å². The minimum atomic E-state index is -0.130. The van der Waals surface area contributed by atoms with Gasteiger partial charge >= 0.3 is 0 Å². The summed E-state index contributed by atoms with van der Waals surface area (Å²) in [6.45, 7) is 4.10. The van der Waals surface area contributed by atoms with E-state index in [1.54, 1.807) is 18.2 Å². The molecule has 0 fully saturated rings. The zero-order chi connectivity index (χ0) is 17.1. The Kier molecular flexibility index (Phi) is 4.71. The highest BCUT2D eigenvalue weighted by atomic mass is 32.2. The molecule has 1 amide bonds. The van der Waals surface area contributed by atoms with Crippen LogP contribution in [0, 0.1) is 13.8 Å². The van der Waals surface area contributed by atoms with Crippen LogP contribution in [-0.4, -0.2) is 21.8 Å². The first-order chi connectivity index (χ1) is 11.5.